The van der Waals surface area contributed by atoms with E-state index in [1.165, 1.54) is 33.2 Å². The fraction of sp³-hybridized carbons (Fsp3) is 0. The molecule has 0 saturated heterocycles. The standard InChI is InChI=1S/C19H14N2/c1-2-4-19-17(3-1)18(13-21-19)16-7-5-14(6-8-16)15-9-11-20-12-10-15/h1-13,21H. The number of hydrogen-bond acceptors (Lipinski definition) is 1. The van der Waals surface area contributed by atoms with E-state index in [2.05, 4.69) is 64.7 Å². The number of hydrogen-bond donors (Lipinski definition) is 1. The molecule has 0 amide bonds. The highest BCUT2D eigenvalue weighted by Crippen LogP contribution is 2.30. The fourth-order valence-electron chi connectivity index (χ4n) is 2.70. The first-order chi connectivity index (χ1) is 10.4. The van der Waals surface area contributed by atoms with E-state index in [4.69, 9.17) is 0 Å². The third kappa shape index (κ3) is 2.11. The first-order valence-corrected chi connectivity index (χ1v) is 6.99. The minimum absolute atomic E-state index is 1.17. The Hall–Kier alpha value is -2.87. The van der Waals surface area contributed by atoms with Crippen LogP contribution >= 0.6 is 0 Å². The summed E-state index contributed by atoms with van der Waals surface area (Å²) in [5, 5.41) is 1.26. The van der Waals surface area contributed by atoms with Crippen molar-refractivity contribution >= 4 is 10.9 Å². The van der Waals surface area contributed by atoms with E-state index in [0.717, 1.165) is 0 Å². The zero-order chi connectivity index (χ0) is 14.1. The Morgan fingerprint density at radius 1 is 0.667 bits per heavy atom. The Morgan fingerprint density at radius 3 is 2.14 bits per heavy atom. The number of H-pyrrole nitrogens is 1. The lowest BCUT2D eigenvalue weighted by molar-refractivity contribution is 1.33. The molecule has 0 spiro atoms. The Bertz CT molecular complexity index is 874. The van der Waals surface area contributed by atoms with Crippen LogP contribution in [-0.4, -0.2) is 9.97 Å². The van der Waals surface area contributed by atoms with Crippen LogP contribution in [0, 0.1) is 0 Å². The van der Waals surface area contributed by atoms with Crippen molar-refractivity contribution in [3.05, 3.63) is 79.3 Å². The molecular weight excluding hydrogens is 256 g/mol. The first kappa shape index (κ1) is 11.9. The second kappa shape index (κ2) is 4.91. The molecule has 0 aliphatic rings. The van der Waals surface area contributed by atoms with Crippen LogP contribution in [0.1, 0.15) is 0 Å². The lowest BCUT2D eigenvalue weighted by atomic mass is 10.0. The minimum atomic E-state index is 1.17. The number of aromatic nitrogens is 2. The Labute approximate surface area is 123 Å². The zero-order valence-corrected chi connectivity index (χ0v) is 11.5. The number of rotatable bonds is 2. The molecule has 0 atom stereocenters. The predicted octanol–water partition coefficient (Wildman–Crippen LogP) is 4.90. The molecule has 0 aliphatic heterocycles. The molecule has 2 aromatic heterocycles. The molecule has 2 aromatic carbocycles. The maximum Gasteiger partial charge on any atom is 0.0460 e. The van der Waals surface area contributed by atoms with Crippen molar-refractivity contribution in [2.75, 3.05) is 0 Å². The number of nitrogens with one attached hydrogen (secondary N) is 1. The van der Waals surface area contributed by atoms with Crippen LogP contribution in [0.3, 0.4) is 0 Å². The van der Waals surface area contributed by atoms with Crippen LogP contribution < -0.4 is 0 Å². The Balaban J connectivity index is 1.77. The van der Waals surface area contributed by atoms with Crippen LogP contribution in [0.5, 0.6) is 0 Å². The lowest BCUT2D eigenvalue weighted by Gasteiger charge is -2.04. The number of para-hydroxylation sites is 1. The molecule has 1 N–H and O–H groups in total. The molecule has 4 aromatic rings. The molecule has 2 heteroatoms. The highest BCUT2D eigenvalue weighted by Gasteiger charge is 2.05. The van der Waals surface area contributed by atoms with Gasteiger partial charge in [0.05, 0.1) is 0 Å². The summed E-state index contributed by atoms with van der Waals surface area (Å²) in [5.74, 6) is 0. The molecule has 2 nitrogen and oxygen atoms in total. The summed E-state index contributed by atoms with van der Waals surface area (Å²) in [4.78, 5) is 7.38. The minimum Gasteiger partial charge on any atom is -0.361 e. The van der Waals surface area contributed by atoms with Gasteiger partial charge in [-0.25, -0.2) is 0 Å². The second-order valence-corrected chi connectivity index (χ2v) is 5.06. The number of benzene rings is 2. The van der Waals surface area contributed by atoms with E-state index in [0.29, 0.717) is 0 Å². The molecule has 0 fully saturated rings. The molecular formula is C19H14N2. The molecule has 4 rings (SSSR count). The predicted molar refractivity (Wildman–Crippen MR) is 87.0 cm³/mol. The molecule has 100 valence electrons. The topological polar surface area (TPSA) is 28.7 Å². The average Bonchev–Trinajstić information content (AvgIpc) is 3.00. The molecule has 0 aliphatic carbocycles. The normalized spacial score (nSPS) is 10.9. The highest BCUT2D eigenvalue weighted by atomic mass is 14.7. The van der Waals surface area contributed by atoms with Gasteiger partial charge < -0.3 is 4.98 Å². The lowest BCUT2D eigenvalue weighted by Crippen LogP contribution is -1.80. The van der Waals surface area contributed by atoms with Gasteiger partial charge in [-0.05, 0) is 34.9 Å². The second-order valence-electron chi connectivity index (χ2n) is 5.06. The number of pyridine rings is 1. The van der Waals surface area contributed by atoms with E-state index in [1.807, 2.05) is 24.5 Å². The SMILES string of the molecule is c1ccc2c(-c3ccc(-c4ccncc4)cc3)c[nH]c2c1. The molecule has 0 radical (unpaired) electrons. The molecule has 0 bridgehead atoms. The average molecular weight is 270 g/mol. The van der Waals surface area contributed by atoms with Crippen molar-refractivity contribution in [3.63, 3.8) is 0 Å². The number of fused-ring (bicyclic) bond motifs is 1. The van der Waals surface area contributed by atoms with Gasteiger partial charge in [-0.1, -0.05) is 42.5 Å². The molecule has 2 heterocycles. The van der Waals surface area contributed by atoms with Crippen LogP contribution in [0.25, 0.3) is 33.2 Å². The van der Waals surface area contributed by atoms with Crippen molar-refractivity contribution in [2.45, 2.75) is 0 Å². The van der Waals surface area contributed by atoms with Gasteiger partial charge in [0.1, 0.15) is 0 Å². The van der Waals surface area contributed by atoms with E-state index >= 15 is 0 Å². The first-order valence-electron chi connectivity index (χ1n) is 6.99. The third-order valence-corrected chi connectivity index (χ3v) is 3.80. The van der Waals surface area contributed by atoms with Crippen molar-refractivity contribution in [1.82, 2.24) is 9.97 Å². The summed E-state index contributed by atoms with van der Waals surface area (Å²) in [5.41, 5.74) is 6.04. The van der Waals surface area contributed by atoms with Crippen LogP contribution in [0.4, 0.5) is 0 Å². The van der Waals surface area contributed by atoms with Gasteiger partial charge in [0, 0.05) is 35.1 Å². The van der Waals surface area contributed by atoms with Crippen LogP contribution in [-0.2, 0) is 0 Å². The van der Waals surface area contributed by atoms with Crippen molar-refractivity contribution in [1.29, 1.82) is 0 Å². The maximum absolute atomic E-state index is 4.06. The van der Waals surface area contributed by atoms with Crippen LogP contribution in [0.15, 0.2) is 79.3 Å². The fourth-order valence-corrected chi connectivity index (χ4v) is 2.70. The summed E-state index contributed by atoms with van der Waals surface area (Å²) in [6, 6.07) is 21.1. The molecule has 0 unspecified atom stereocenters. The van der Waals surface area contributed by atoms with Crippen molar-refractivity contribution in [2.24, 2.45) is 0 Å². The molecule has 21 heavy (non-hydrogen) atoms. The maximum atomic E-state index is 4.06. The van der Waals surface area contributed by atoms with Crippen LogP contribution in [0.2, 0.25) is 0 Å². The van der Waals surface area contributed by atoms with E-state index in [1.54, 1.807) is 0 Å². The van der Waals surface area contributed by atoms with Gasteiger partial charge in [-0.2, -0.15) is 0 Å². The van der Waals surface area contributed by atoms with E-state index in [-0.39, 0.29) is 0 Å². The Kier molecular flexibility index (Phi) is 2.79. The molecule has 0 saturated carbocycles. The van der Waals surface area contributed by atoms with E-state index in [9.17, 15) is 0 Å². The summed E-state index contributed by atoms with van der Waals surface area (Å²) < 4.78 is 0. The van der Waals surface area contributed by atoms with Gasteiger partial charge in [0.2, 0.25) is 0 Å². The van der Waals surface area contributed by atoms with E-state index < -0.39 is 0 Å². The van der Waals surface area contributed by atoms with Crippen molar-refractivity contribution in [3.8, 4) is 22.3 Å². The third-order valence-electron chi connectivity index (χ3n) is 3.80. The number of aromatic amines is 1. The van der Waals surface area contributed by atoms with Gasteiger partial charge in [-0.15, -0.1) is 0 Å². The van der Waals surface area contributed by atoms with Gasteiger partial charge in [0.25, 0.3) is 0 Å². The largest absolute Gasteiger partial charge is 0.361 e. The smallest absolute Gasteiger partial charge is 0.0460 e. The zero-order valence-electron chi connectivity index (χ0n) is 11.5. The van der Waals surface area contributed by atoms with Crippen molar-refractivity contribution < 1.29 is 0 Å². The quantitative estimate of drug-likeness (QED) is 0.551. The summed E-state index contributed by atoms with van der Waals surface area (Å²) in [7, 11) is 0. The van der Waals surface area contributed by atoms with Gasteiger partial charge in [0.15, 0.2) is 0 Å². The highest BCUT2D eigenvalue weighted by molar-refractivity contribution is 5.95. The van der Waals surface area contributed by atoms with Gasteiger partial charge in [-0.3, -0.25) is 4.98 Å². The summed E-state index contributed by atoms with van der Waals surface area (Å²) >= 11 is 0. The Morgan fingerprint density at radius 2 is 1.33 bits per heavy atom. The summed E-state index contributed by atoms with van der Waals surface area (Å²) in [6.45, 7) is 0. The monoisotopic (exact) mass is 270 g/mol. The van der Waals surface area contributed by atoms with Gasteiger partial charge >= 0.3 is 0 Å². The summed E-state index contributed by atoms with van der Waals surface area (Å²) in [6.07, 6.45) is 5.72. The number of nitrogens with zero attached hydrogens (tertiary/aromatic N) is 1.